The van der Waals surface area contributed by atoms with E-state index in [1.54, 1.807) is 29.3 Å². The van der Waals surface area contributed by atoms with Gasteiger partial charge in [-0.3, -0.25) is 19.2 Å². The number of aliphatic hydroxyl groups is 2. The van der Waals surface area contributed by atoms with Gasteiger partial charge in [-0.05, 0) is 32.4 Å². The number of nitrogens with zero attached hydrogens (tertiary/aromatic N) is 4. The molecule has 2 amide bonds. The molecule has 1 saturated heterocycles. The highest BCUT2D eigenvalue weighted by Crippen LogP contribution is 2.31. The number of rotatable bonds is 9. The quantitative estimate of drug-likeness (QED) is 0.577. The normalized spacial score (nSPS) is 21.5. The zero-order valence-corrected chi connectivity index (χ0v) is 18.6. The fourth-order valence-corrected chi connectivity index (χ4v) is 4.14. The van der Waals surface area contributed by atoms with Crippen molar-refractivity contribution < 1.29 is 29.3 Å². The van der Waals surface area contributed by atoms with E-state index in [2.05, 4.69) is 5.10 Å². The average molecular weight is 456 g/mol. The number of amides is 2. The molecule has 1 aromatic carbocycles. The lowest BCUT2D eigenvalue weighted by atomic mass is 10.1. The van der Waals surface area contributed by atoms with Crippen molar-refractivity contribution in [3.05, 3.63) is 48.4 Å². The Kier molecular flexibility index (Phi) is 6.66. The Morgan fingerprint density at radius 3 is 2.79 bits per heavy atom. The molecule has 0 radical (unpaired) electrons. The zero-order chi connectivity index (χ0) is 23.5. The van der Waals surface area contributed by atoms with Gasteiger partial charge < -0.3 is 24.6 Å². The minimum absolute atomic E-state index is 0.121. The molecule has 0 saturated carbocycles. The van der Waals surface area contributed by atoms with Crippen LogP contribution in [-0.2, 0) is 16.1 Å². The highest BCUT2D eigenvalue weighted by molar-refractivity contribution is 6.03. The van der Waals surface area contributed by atoms with E-state index >= 15 is 0 Å². The molecule has 3 atom stereocenters. The van der Waals surface area contributed by atoms with Crippen LogP contribution in [0.15, 0.2) is 48.4 Å². The van der Waals surface area contributed by atoms with Gasteiger partial charge in [-0.1, -0.05) is 6.07 Å². The second-order valence-corrected chi connectivity index (χ2v) is 8.13. The summed E-state index contributed by atoms with van der Waals surface area (Å²) in [5, 5.41) is 23.0. The van der Waals surface area contributed by atoms with Gasteiger partial charge in [0, 0.05) is 30.4 Å². The molecule has 0 spiro atoms. The fraction of sp³-hybridized carbons (Fsp3) is 0.435. The first-order valence-corrected chi connectivity index (χ1v) is 11.0. The SMILES string of the molecule is CCOc1cccc(OC2=CC(=O)N([C@H]3CC(C)N(c4ccn(C[C@@H](O)CO)n4)C3=O)C2)c1. The average Bonchev–Trinajstić information content (AvgIpc) is 3.46. The molecular weight excluding hydrogens is 428 g/mol. The second-order valence-electron chi connectivity index (χ2n) is 8.13. The van der Waals surface area contributed by atoms with Gasteiger partial charge in [0.1, 0.15) is 23.3 Å². The molecule has 1 unspecified atom stereocenters. The third-order valence-corrected chi connectivity index (χ3v) is 5.64. The van der Waals surface area contributed by atoms with Crippen LogP contribution >= 0.6 is 0 Å². The van der Waals surface area contributed by atoms with Crippen LogP contribution in [0.5, 0.6) is 11.5 Å². The maximum atomic E-state index is 13.2. The van der Waals surface area contributed by atoms with E-state index in [0.717, 1.165) is 0 Å². The van der Waals surface area contributed by atoms with Gasteiger partial charge in [0.15, 0.2) is 5.82 Å². The molecule has 2 N–H and O–H groups in total. The molecule has 2 aliphatic heterocycles. The Morgan fingerprint density at radius 2 is 2.03 bits per heavy atom. The summed E-state index contributed by atoms with van der Waals surface area (Å²) in [5.74, 6) is 1.67. The molecule has 1 fully saturated rings. The van der Waals surface area contributed by atoms with Gasteiger partial charge in [-0.2, -0.15) is 5.10 Å². The third-order valence-electron chi connectivity index (χ3n) is 5.64. The summed E-state index contributed by atoms with van der Waals surface area (Å²) in [6.45, 7) is 4.29. The predicted octanol–water partition coefficient (Wildman–Crippen LogP) is 0.934. The molecule has 3 heterocycles. The molecule has 33 heavy (non-hydrogen) atoms. The summed E-state index contributed by atoms with van der Waals surface area (Å²) in [7, 11) is 0. The summed E-state index contributed by atoms with van der Waals surface area (Å²) in [6.07, 6.45) is 2.60. The fourth-order valence-electron chi connectivity index (χ4n) is 4.14. The summed E-state index contributed by atoms with van der Waals surface area (Å²) in [6, 6.07) is 8.09. The van der Waals surface area contributed by atoms with Crippen LogP contribution in [-0.4, -0.2) is 74.7 Å². The smallest absolute Gasteiger partial charge is 0.251 e. The number of aliphatic hydroxyl groups excluding tert-OH is 2. The zero-order valence-electron chi connectivity index (χ0n) is 18.6. The topological polar surface area (TPSA) is 117 Å². The largest absolute Gasteiger partial charge is 0.494 e. The van der Waals surface area contributed by atoms with Crippen molar-refractivity contribution >= 4 is 17.6 Å². The number of hydrogen-bond donors (Lipinski definition) is 2. The minimum Gasteiger partial charge on any atom is -0.494 e. The number of hydrogen-bond acceptors (Lipinski definition) is 7. The predicted molar refractivity (Wildman–Crippen MR) is 119 cm³/mol. The van der Waals surface area contributed by atoms with Crippen LogP contribution in [0.2, 0.25) is 0 Å². The Labute approximate surface area is 191 Å². The van der Waals surface area contributed by atoms with Crippen molar-refractivity contribution in [3.8, 4) is 11.5 Å². The molecular formula is C23H28N4O6. The molecule has 10 heteroatoms. The van der Waals surface area contributed by atoms with Crippen LogP contribution in [0.3, 0.4) is 0 Å². The Bertz CT molecular complexity index is 1050. The number of carbonyl (C=O) groups is 2. The molecule has 2 aliphatic rings. The van der Waals surface area contributed by atoms with Crippen molar-refractivity contribution in [2.45, 2.75) is 45.0 Å². The van der Waals surface area contributed by atoms with Crippen molar-refractivity contribution in [2.24, 2.45) is 0 Å². The van der Waals surface area contributed by atoms with Gasteiger partial charge >= 0.3 is 0 Å². The van der Waals surface area contributed by atoms with Gasteiger partial charge in [0.05, 0.1) is 32.4 Å². The van der Waals surface area contributed by atoms with Gasteiger partial charge in [-0.15, -0.1) is 0 Å². The summed E-state index contributed by atoms with van der Waals surface area (Å²) < 4.78 is 12.8. The highest BCUT2D eigenvalue weighted by Gasteiger charge is 2.45. The van der Waals surface area contributed by atoms with Crippen molar-refractivity contribution in [3.63, 3.8) is 0 Å². The summed E-state index contributed by atoms with van der Waals surface area (Å²) in [4.78, 5) is 29.0. The Hall–Kier alpha value is -3.37. The lowest BCUT2D eigenvalue weighted by Gasteiger charge is -2.23. The lowest BCUT2D eigenvalue weighted by molar-refractivity contribution is -0.133. The Morgan fingerprint density at radius 1 is 1.24 bits per heavy atom. The number of aromatic nitrogens is 2. The van der Waals surface area contributed by atoms with Crippen LogP contribution in [0.25, 0.3) is 0 Å². The standard InChI is InChI=1S/C23H28N4O6/c1-3-32-17-5-4-6-18(10-17)33-19-11-22(30)26(13-19)20-9-15(2)27(23(20)31)21-7-8-25(24-21)12-16(29)14-28/h4-8,10-11,15-16,20,28-29H,3,9,12-14H2,1-2H3/t15?,16-,20+/m1/s1. The van der Waals surface area contributed by atoms with Crippen molar-refractivity contribution in [1.82, 2.24) is 14.7 Å². The molecule has 176 valence electrons. The highest BCUT2D eigenvalue weighted by atomic mass is 16.5. The van der Waals surface area contributed by atoms with E-state index in [1.807, 2.05) is 26.0 Å². The van der Waals surface area contributed by atoms with Crippen molar-refractivity contribution in [2.75, 3.05) is 24.7 Å². The molecule has 1 aromatic heterocycles. The number of ether oxygens (including phenoxy) is 2. The van der Waals surface area contributed by atoms with Crippen LogP contribution in [0.4, 0.5) is 5.82 Å². The van der Waals surface area contributed by atoms with Gasteiger partial charge in [0.2, 0.25) is 0 Å². The van der Waals surface area contributed by atoms with Crippen LogP contribution < -0.4 is 14.4 Å². The van der Waals surface area contributed by atoms with Gasteiger partial charge in [-0.25, -0.2) is 0 Å². The van der Waals surface area contributed by atoms with E-state index in [9.17, 15) is 14.7 Å². The van der Waals surface area contributed by atoms with Crippen molar-refractivity contribution in [1.29, 1.82) is 0 Å². The first-order valence-electron chi connectivity index (χ1n) is 11.0. The maximum Gasteiger partial charge on any atom is 0.251 e. The van der Waals surface area contributed by atoms with E-state index in [4.69, 9.17) is 14.6 Å². The first kappa shape index (κ1) is 22.8. The monoisotopic (exact) mass is 456 g/mol. The first-order chi connectivity index (χ1) is 15.9. The maximum absolute atomic E-state index is 13.2. The van der Waals surface area contributed by atoms with Crippen LogP contribution in [0, 0.1) is 0 Å². The summed E-state index contributed by atoms with van der Waals surface area (Å²) >= 11 is 0. The molecule has 4 rings (SSSR count). The van der Waals surface area contributed by atoms with Crippen LogP contribution in [0.1, 0.15) is 20.3 Å². The Balaban J connectivity index is 1.42. The number of carbonyl (C=O) groups excluding carboxylic acids is 2. The third kappa shape index (κ3) is 4.86. The summed E-state index contributed by atoms with van der Waals surface area (Å²) in [5.41, 5.74) is 0. The number of benzene rings is 1. The van der Waals surface area contributed by atoms with E-state index in [1.165, 1.54) is 15.7 Å². The lowest BCUT2D eigenvalue weighted by Crippen LogP contribution is -2.43. The van der Waals surface area contributed by atoms with E-state index in [-0.39, 0.29) is 37.6 Å². The molecule has 0 aliphatic carbocycles. The van der Waals surface area contributed by atoms with Gasteiger partial charge in [0.25, 0.3) is 11.8 Å². The molecule has 0 bridgehead atoms. The number of anilines is 1. The van der Waals surface area contributed by atoms with E-state index < -0.39 is 12.1 Å². The molecule has 10 nitrogen and oxygen atoms in total. The second kappa shape index (κ2) is 9.63. The van der Waals surface area contributed by atoms with E-state index in [0.29, 0.717) is 36.1 Å². The molecule has 2 aromatic rings. The minimum atomic E-state index is -0.932.